The Morgan fingerprint density at radius 2 is 1.72 bits per heavy atom. The van der Waals surface area contributed by atoms with Crippen molar-refractivity contribution in [1.29, 1.82) is 0 Å². The Balaban J connectivity index is 1.51. The molecule has 0 saturated carbocycles. The second-order valence-electron chi connectivity index (χ2n) is 5.92. The summed E-state index contributed by atoms with van der Waals surface area (Å²) in [6, 6.07) is 18.3. The summed E-state index contributed by atoms with van der Waals surface area (Å²) in [5, 5.41) is 12.1. The maximum atomic E-state index is 12.2. The SMILES string of the molecule is O=C1NC(=NN=Cc2ccccc2)SC1=Cc1ccc(-c2c(Cl)cccc2Cl)o1. The highest BCUT2D eigenvalue weighted by molar-refractivity contribution is 8.18. The van der Waals surface area contributed by atoms with Crippen LogP contribution in [0.15, 0.2) is 80.2 Å². The predicted octanol–water partition coefficient (Wildman–Crippen LogP) is 5.85. The molecule has 1 N–H and O–H groups in total. The molecular formula is C21H13Cl2N3O2S. The number of nitrogens with zero attached hydrogens (tertiary/aromatic N) is 2. The maximum absolute atomic E-state index is 12.2. The second-order valence-corrected chi connectivity index (χ2v) is 7.77. The van der Waals surface area contributed by atoms with Crippen molar-refractivity contribution in [3.05, 3.63) is 86.9 Å². The van der Waals surface area contributed by atoms with Crippen LogP contribution in [-0.2, 0) is 4.79 Å². The number of carbonyl (C=O) groups excluding carboxylic acids is 1. The minimum Gasteiger partial charge on any atom is -0.457 e. The number of benzene rings is 2. The lowest BCUT2D eigenvalue weighted by Gasteiger charge is -2.02. The number of hydrogen-bond donors (Lipinski definition) is 1. The van der Waals surface area contributed by atoms with Crippen LogP contribution in [0, 0.1) is 0 Å². The Labute approximate surface area is 181 Å². The number of furan rings is 1. The molecule has 5 nitrogen and oxygen atoms in total. The molecule has 2 aromatic carbocycles. The molecule has 2 heterocycles. The van der Waals surface area contributed by atoms with Gasteiger partial charge in [0, 0.05) is 6.08 Å². The van der Waals surface area contributed by atoms with E-state index in [9.17, 15) is 4.79 Å². The Morgan fingerprint density at radius 1 is 0.966 bits per heavy atom. The van der Waals surface area contributed by atoms with Gasteiger partial charge in [0.2, 0.25) is 0 Å². The van der Waals surface area contributed by atoms with Crippen molar-refractivity contribution < 1.29 is 9.21 Å². The van der Waals surface area contributed by atoms with Crippen molar-refractivity contribution in [2.75, 3.05) is 0 Å². The lowest BCUT2D eigenvalue weighted by molar-refractivity contribution is -0.115. The van der Waals surface area contributed by atoms with Gasteiger partial charge >= 0.3 is 0 Å². The number of amides is 1. The molecule has 1 amide bonds. The Hall–Kier alpha value is -2.80. The van der Waals surface area contributed by atoms with Crippen LogP contribution in [0.25, 0.3) is 17.4 Å². The summed E-state index contributed by atoms with van der Waals surface area (Å²) < 4.78 is 5.81. The van der Waals surface area contributed by atoms with Gasteiger partial charge in [-0.05, 0) is 41.6 Å². The van der Waals surface area contributed by atoms with Crippen LogP contribution in [0.3, 0.4) is 0 Å². The van der Waals surface area contributed by atoms with E-state index < -0.39 is 0 Å². The minimum absolute atomic E-state index is 0.266. The highest BCUT2D eigenvalue weighted by atomic mass is 35.5. The molecule has 1 saturated heterocycles. The Kier molecular flexibility index (Phi) is 5.85. The first-order valence-corrected chi connectivity index (χ1v) is 10.1. The van der Waals surface area contributed by atoms with Gasteiger partial charge in [0.05, 0.1) is 26.7 Å². The summed E-state index contributed by atoms with van der Waals surface area (Å²) in [7, 11) is 0. The average molecular weight is 442 g/mol. The second kappa shape index (κ2) is 8.69. The van der Waals surface area contributed by atoms with Gasteiger partial charge in [-0.15, -0.1) is 5.10 Å². The molecule has 0 bridgehead atoms. The van der Waals surface area contributed by atoms with Crippen LogP contribution >= 0.6 is 35.0 Å². The van der Waals surface area contributed by atoms with Crippen LogP contribution in [0.1, 0.15) is 11.3 Å². The van der Waals surface area contributed by atoms with Crippen LogP contribution in [0.4, 0.5) is 0 Å². The fourth-order valence-electron chi connectivity index (χ4n) is 2.59. The molecule has 1 aliphatic rings. The summed E-state index contributed by atoms with van der Waals surface area (Å²) in [5.74, 6) is 0.761. The largest absolute Gasteiger partial charge is 0.457 e. The van der Waals surface area contributed by atoms with E-state index in [0.29, 0.717) is 37.2 Å². The number of hydrogen-bond acceptors (Lipinski definition) is 5. The first kappa shape index (κ1) is 19.5. The Bertz CT molecular complexity index is 1130. The number of carbonyl (C=O) groups is 1. The van der Waals surface area contributed by atoms with Crippen molar-refractivity contribution in [1.82, 2.24) is 5.32 Å². The number of thioether (sulfide) groups is 1. The molecule has 1 aromatic heterocycles. The molecule has 0 spiro atoms. The maximum Gasteiger partial charge on any atom is 0.264 e. The third-order valence-corrected chi connectivity index (χ3v) is 5.45. The van der Waals surface area contributed by atoms with Gasteiger partial charge in [-0.3, -0.25) is 10.1 Å². The molecule has 144 valence electrons. The first-order valence-electron chi connectivity index (χ1n) is 8.51. The average Bonchev–Trinajstić information content (AvgIpc) is 3.30. The van der Waals surface area contributed by atoms with Gasteiger partial charge < -0.3 is 4.42 Å². The zero-order valence-corrected chi connectivity index (χ0v) is 17.1. The van der Waals surface area contributed by atoms with Gasteiger partial charge in [0.1, 0.15) is 11.5 Å². The molecule has 0 radical (unpaired) electrons. The van der Waals surface area contributed by atoms with Gasteiger partial charge in [0.25, 0.3) is 5.91 Å². The molecule has 0 atom stereocenters. The van der Waals surface area contributed by atoms with E-state index in [0.717, 1.165) is 5.56 Å². The van der Waals surface area contributed by atoms with Crippen LogP contribution in [0.5, 0.6) is 0 Å². The molecule has 3 aromatic rings. The van der Waals surface area contributed by atoms with Crippen molar-refractivity contribution in [3.8, 4) is 11.3 Å². The van der Waals surface area contributed by atoms with Crippen molar-refractivity contribution in [2.24, 2.45) is 10.2 Å². The summed E-state index contributed by atoms with van der Waals surface area (Å²) >= 11 is 13.6. The fraction of sp³-hybridized carbons (Fsp3) is 0. The lowest BCUT2D eigenvalue weighted by Crippen LogP contribution is -2.19. The summed E-state index contributed by atoms with van der Waals surface area (Å²) in [5.41, 5.74) is 1.53. The van der Waals surface area contributed by atoms with E-state index in [-0.39, 0.29) is 5.91 Å². The van der Waals surface area contributed by atoms with Crippen LogP contribution in [0.2, 0.25) is 10.0 Å². The van der Waals surface area contributed by atoms with Crippen molar-refractivity contribution >= 4 is 58.3 Å². The fourth-order valence-corrected chi connectivity index (χ4v) is 3.93. The van der Waals surface area contributed by atoms with Gasteiger partial charge in [-0.1, -0.05) is 59.6 Å². The lowest BCUT2D eigenvalue weighted by atomic mass is 10.2. The first-order chi connectivity index (χ1) is 14.1. The van der Waals surface area contributed by atoms with Crippen molar-refractivity contribution in [2.45, 2.75) is 0 Å². The molecule has 4 rings (SSSR count). The standard InChI is InChI=1S/C21H13Cl2N3O2S/c22-15-7-4-8-16(23)19(15)17-10-9-14(28-17)11-18-20(27)25-21(29-18)26-24-12-13-5-2-1-3-6-13/h1-12H,(H,25,26,27). The Morgan fingerprint density at radius 3 is 2.48 bits per heavy atom. The van der Waals surface area contributed by atoms with E-state index in [4.69, 9.17) is 27.6 Å². The summed E-state index contributed by atoms with van der Waals surface area (Å²) in [6.07, 6.45) is 3.26. The van der Waals surface area contributed by atoms with Gasteiger partial charge in [0.15, 0.2) is 5.17 Å². The molecule has 0 aliphatic carbocycles. The highest BCUT2D eigenvalue weighted by Crippen LogP contribution is 2.36. The summed E-state index contributed by atoms with van der Waals surface area (Å²) in [4.78, 5) is 12.6. The molecule has 0 unspecified atom stereocenters. The van der Waals surface area contributed by atoms with Crippen LogP contribution in [-0.4, -0.2) is 17.3 Å². The number of rotatable bonds is 4. The van der Waals surface area contributed by atoms with Crippen LogP contribution < -0.4 is 5.32 Å². The molecular weight excluding hydrogens is 429 g/mol. The molecule has 1 fully saturated rings. The van der Waals surface area contributed by atoms with Gasteiger partial charge in [-0.2, -0.15) is 5.10 Å². The zero-order valence-electron chi connectivity index (χ0n) is 14.8. The number of nitrogens with one attached hydrogen (secondary N) is 1. The minimum atomic E-state index is -0.266. The van der Waals surface area contributed by atoms with Crippen molar-refractivity contribution in [3.63, 3.8) is 0 Å². The molecule has 8 heteroatoms. The smallest absolute Gasteiger partial charge is 0.264 e. The summed E-state index contributed by atoms with van der Waals surface area (Å²) in [6.45, 7) is 0. The van der Waals surface area contributed by atoms with E-state index in [1.54, 1.807) is 42.6 Å². The predicted molar refractivity (Wildman–Crippen MR) is 119 cm³/mol. The monoisotopic (exact) mass is 441 g/mol. The normalized spacial score (nSPS) is 16.8. The molecule has 1 aliphatic heterocycles. The highest BCUT2D eigenvalue weighted by Gasteiger charge is 2.24. The quantitative estimate of drug-likeness (QED) is 0.313. The van der Waals surface area contributed by atoms with E-state index in [1.165, 1.54) is 11.8 Å². The van der Waals surface area contributed by atoms with E-state index in [1.807, 2.05) is 30.3 Å². The number of amidine groups is 1. The third kappa shape index (κ3) is 4.62. The third-order valence-electron chi connectivity index (χ3n) is 3.92. The number of halogens is 2. The van der Waals surface area contributed by atoms with E-state index >= 15 is 0 Å². The van der Waals surface area contributed by atoms with E-state index in [2.05, 4.69) is 15.5 Å². The topological polar surface area (TPSA) is 67.0 Å². The molecule has 29 heavy (non-hydrogen) atoms. The zero-order chi connectivity index (χ0) is 20.2. The van der Waals surface area contributed by atoms with Gasteiger partial charge in [-0.25, -0.2) is 0 Å².